The summed E-state index contributed by atoms with van der Waals surface area (Å²) in [6.07, 6.45) is 2.96. The molecule has 0 aromatic heterocycles. The fourth-order valence-corrected chi connectivity index (χ4v) is 2.92. The smallest absolute Gasteiger partial charge is 0.0110 e. The quantitative estimate of drug-likeness (QED) is 0.744. The van der Waals surface area contributed by atoms with Gasteiger partial charge in [-0.2, -0.15) is 0 Å². The van der Waals surface area contributed by atoms with Crippen molar-refractivity contribution in [3.8, 4) is 0 Å². The lowest BCUT2D eigenvalue weighted by molar-refractivity contribution is 0.0940. The van der Waals surface area contributed by atoms with Crippen molar-refractivity contribution in [1.29, 1.82) is 0 Å². The summed E-state index contributed by atoms with van der Waals surface area (Å²) >= 11 is 0. The van der Waals surface area contributed by atoms with Gasteiger partial charge in [-0.25, -0.2) is 0 Å². The van der Waals surface area contributed by atoms with Crippen LogP contribution in [0.4, 0.5) is 0 Å². The zero-order valence-corrected chi connectivity index (χ0v) is 12.5. The van der Waals surface area contributed by atoms with Crippen LogP contribution in [-0.4, -0.2) is 62.2 Å². The van der Waals surface area contributed by atoms with Crippen molar-refractivity contribution in [2.24, 2.45) is 11.3 Å². The summed E-state index contributed by atoms with van der Waals surface area (Å²) in [7, 11) is 0. The van der Waals surface area contributed by atoms with Gasteiger partial charge in [0.1, 0.15) is 0 Å². The number of rotatable bonds is 7. The number of hydrogen-bond acceptors (Lipinski definition) is 3. The maximum Gasteiger partial charge on any atom is 0.0110 e. The van der Waals surface area contributed by atoms with Crippen molar-refractivity contribution in [2.75, 3.05) is 52.4 Å². The summed E-state index contributed by atoms with van der Waals surface area (Å²) in [5.41, 5.74) is 0.397. The van der Waals surface area contributed by atoms with Crippen molar-refractivity contribution < 1.29 is 0 Å². The molecule has 3 heteroatoms. The molecule has 0 spiro atoms. The minimum absolute atomic E-state index is 0.397. The lowest BCUT2D eigenvalue weighted by Crippen LogP contribution is -2.50. The average molecular weight is 253 g/mol. The summed E-state index contributed by atoms with van der Waals surface area (Å²) in [5, 5.41) is 3.48. The van der Waals surface area contributed by atoms with Crippen LogP contribution in [0.5, 0.6) is 0 Å². The van der Waals surface area contributed by atoms with E-state index in [9.17, 15) is 0 Å². The van der Waals surface area contributed by atoms with Crippen LogP contribution in [0.3, 0.4) is 0 Å². The number of nitrogens with zero attached hydrogens (tertiary/aromatic N) is 2. The van der Waals surface area contributed by atoms with Gasteiger partial charge in [-0.3, -0.25) is 0 Å². The van der Waals surface area contributed by atoms with Crippen LogP contribution in [0, 0.1) is 11.3 Å². The molecule has 2 fully saturated rings. The second-order valence-electron chi connectivity index (χ2n) is 6.96. The van der Waals surface area contributed by atoms with E-state index in [2.05, 4.69) is 35.9 Å². The van der Waals surface area contributed by atoms with Crippen LogP contribution < -0.4 is 5.32 Å². The molecule has 0 aromatic carbocycles. The van der Waals surface area contributed by atoms with Crippen molar-refractivity contribution in [1.82, 2.24) is 15.1 Å². The Morgan fingerprint density at radius 3 is 2.22 bits per heavy atom. The van der Waals surface area contributed by atoms with Crippen molar-refractivity contribution >= 4 is 0 Å². The van der Waals surface area contributed by atoms with E-state index in [-0.39, 0.29) is 0 Å². The SMILES string of the molecule is CCNCC(C)(C)CN1CCN(CC2CC2)CC1. The Kier molecular flexibility index (Phi) is 5.05. The van der Waals surface area contributed by atoms with E-state index in [1.807, 2.05) is 0 Å². The summed E-state index contributed by atoms with van der Waals surface area (Å²) < 4.78 is 0. The topological polar surface area (TPSA) is 18.5 Å². The van der Waals surface area contributed by atoms with Gasteiger partial charge >= 0.3 is 0 Å². The highest BCUT2D eigenvalue weighted by Crippen LogP contribution is 2.30. The Balaban J connectivity index is 1.65. The molecule has 0 atom stereocenters. The van der Waals surface area contributed by atoms with Gasteiger partial charge < -0.3 is 15.1 Å². The first-order valence-corrected chi connectivity index (χ1v) is 7.74. The lowest BCUT2D eigenvalue weighted by Gasteiger charge is -2.39. The molecule has 0 aromatic rings. The molecule has 0 bridgehead atoms. The Morgan fingerprint density at radius 1 is 1.06 bits per heavy atom. The molecule has 1 aliphatic carbocycles. The predicted octanol–water partition coefficient (Wildman–Crippen LogP) is 1.65. The lowest BCUT2D eigenvalue weighted by atomic mass is 9.92. The first kappa shape index (κ1) is 14.3. The third kappa shape index (κ3) is 4.87. The molecule has 18 heavy (non-hydrogen) atoms. The Bertz CT molecular complexity index is 240. The van der Waals surface area contributed by atoms with Crippen molar-refractivity contribution in [3.63, 3.8) is 0 Å². The first-order chi connectivity index (χ1) is 8.59. The number of nitrogens with one attached hydrogen (secondary N) is 1. The van der Waals surface area contributed by atoms with Gasteiger partial charge in [-0.05, 0) is 30.7 Å². The van der Waals surface area contributed by atoms with Crippen LogP contribution in [0.2, 0.25) is 0 Å². The van der Waals surface area contributed by atoms with Gasteiger partial charge in [-0.1, -0.05) is 20.8 Å². The maximum atomic E-state index is 3.48. The first-order valence-electron chi connectivity index (χ1n) is 7.74. The molecule has 0 amide bonds. The minimum atomic E-state index is 0.397. The molecule has 1 N–H and O–H groups in total. The zero-order chi connectivity index (χ0) is 13.0. The molecule has 1 aliphatic heterocycles. The number of hydrogen-bond donors (Lipinski definition) is 1. The van der Waals surface area contributed by atoms with Crippen molar-refractivity contribution in [3.05, 3.63) is 0 Å². The highest BCUT2D eigenvalue weighted by Gasteiger charge is 2.28. The fourth-order valence-electron chi connectivity index (χ4n) is 2.92. The maximum absolute atomic E-state index is 3.48. The van der Waals surface area contributed by atoms with E-state index in [1.165, 1.54) is 52.1 Å². The average Bonchev–Trinajstić information content (AvgIpc) is 3.13. The van der Waals surface area contributed by atoms with Crippen LogP contribution in [0.25, 0.3) is 0 Å². The van der Waals surface area contributed by atoms with Crippen LogP contribution >= 0.6 is 0 Å². The molecule has 0 radical (unpaired) electrons. The largest absolute Gasteiger partial charge is 0.316 e. The molecule has 2 aliphatic rings. The van der Waals surface area contributed by atoms with E-state index in [0.717, 1.165) is 19.0 Å². The highest BCUT2D eigenvalue weighted by molar-refractivity contribution is 4.83. The summed E-state index contributed by atoms with van der Waals surface area (Å²) in [4.78, 5) is 5.33. The standard InChI is InChI=1S/C15H31N3/c1-4-16-12-15(2,3)13-18-9-7-17(8-10-18)11-14-5-6-14/h14,16H,4-13H2,1-3H3. The van der Waals surface area contributed by atoms with Crippen molar-refractivity contribution in [2.45, 2.75) is 33.6 Å². The molecule has 1 heterocycles. The summed E-state index contributed by atoms with van der Waals surface area (Å²) in [6, 6.07) is 0. The van der Waals surface area contributed by atoms with Gasteiger partial charge in [0, 0.05) is 45.8 Å². The molecule has 0 unspecified atom stereocenters. The van der Waals surface area contributed by atoms with Gasteiger partial charge in [0.25, 0.3) is 0 Å². The molecule has 3 nitrogen and oxygen atoms in total. The molecule has 1 saturated heterocycles. The molecular weight excluding hydrogens is 222 g/mol. The van der Waals surface area contributed by atoms with Gasteiger partial charge in [-0.15, -0.1) is 0 Å². The predicted molar refractivity (Wildman–Crippen MR) is 77.9 cm³/mol. The zero-order valence-electron chi connectivity index (χ0n) is 12.5. The van der Waals surface area contributed by atoms with E-state index >= 15 is 0 Å². The van der Waals surface area contributed by atoms with Gasteiger partial charge in [0.15, 0.2) is 0 Å². The molecular formula is C15H31N3. The van der Waals surface area contributed by atoms with E-state index in [0.29, 0.717) is 5.41 Å². The summed E-state index contributed by atoms with van der Waals surface area (Å²) in [5.74, 6) is 1.04. The minimum Gasteiger partial charge on any atom is -0.316 e. The monoisotopic (exact) mass is 253 g/mol. The molecule has 2 rings (SSSR count). The Labute approximate surface area is 113 Å². The summed E-state index contributed by atoms with van der Waals surface area (Å²) in [6.45, 7) is 16.9. The van der Waals surface area contributed by atoms with E-state index in [4.69, 9.17) is 0 Å². The van der Waals surface area contributed by atoms with Gasteiger partial charge in [0.05, 0.1) is 0 Å². The Morgan fingerprint density at radius 2 is 1.67 bits per heavy atom. The molecule has 1 saturated carbocycles. The second-order valence-corrected chi connectivity index (χ2v) is 6.96. The third-order valence-electron chi connectivity index (χ3n) is 4.18. The Hall–Kier alpha value is -0.120. The molecule has 106 valence electrons. The normalized spacial score (nSPS) is 23.5. The second kappa shape index (κ2) is 6.36. The van der Waals surface area contributed by atoms with Crippen LogP contribution in [-0.2, 0) is 0 Å². The fraction of sp³-hybridized carbons (Fsp3) is 1.00. The van der Waals surface area contributed by atoms with Crippen LogP contribution in [0.1, 0.15) is 33.6 Å². The highest BCUT2D eigenvalue weighted by atomic mass is 15.3. The van der Waals surface area contributed by atoms with E-state index < -0.39 is 0 Å². The third-order valence-corrected chi connectivity index (χ3v) is 4.18. The van der Waals surface area contributed by atoms with Crippen LogP contribution in [0.15, 0.2) is 0 Å². The van der Waals surface area contributed by atoms with Gasteiger partial charge in [0.2, 0.25) is 0 Å². The van der Waals surface area contributed by atoms with E-state index in [1.54, 1.807) is 0 Å². The number of piperazine rings is 1.